The molecule has 1 aromatic heterocycles. The van der Waals surface area contributed by atoms with Crippen LogP contribution in [0.5, 0.6) is 0 Å². The van der Waals surface area contributed by atoms with Crippen LogP contribution >= 0.6 is 0 Å². The lowest BCUT2D eigenvalue weighted by Gasteiger charge is -2.29. The number of anilines is 2. The molecular weight excluding hydrogens is 228 g/mol. The fourth-order valence-electron chi connectivity index (χ4n) is 2.32. The molecule has 0 unspecified atom stereocenters. The second-order valence-corrected chi connectivity index (χ2v) is 4.38. The van der Waals surface area contributed by atoms with E-state index in [0.717, 1.165) is 23.5 Å². The Balaban J connectivity index is 1.96. The third-order valence-electron chi connectivity index (χ3n) is 3.21. The van der Waals surface area contributed by atoms with Gasteiger partial charge in [-0.25, -0.2) is 4.98 Å². The van der Waals surface area contributed by atoms with Crippen LogP contribution in [-0.2, 0) is 13.0 Å². The van der Waals surface area contributed by atoms with Crippen molar-refractivity contribution in [2.75, 3.05) is 17.2 Å². The van der Waals surface area contributed by atoms with Crippen molar-refractivity contribution in [2.45, 2.75) is 13.0 Å². The number of fused-ring (bicyclic) bond motifs is 1. The van der Waals surface area contributed by atoms with Gasteiger partial charge in [0.1, 0.15) is 0 Å². The summed E-state index contributed by atoms with van der Waals surface area (Å²) in [6.45, 7) is 1.46. The molecule has 0 bridgehead atoms. The second-order valence-electron chi connectivity index (χ2n) is 4.38. The molecule has 92 valence electrons. The first-order valence-electron chi connectivity index (χ1n) is 5.91. The number of nitrogens with one attached hydrogen (secondary N) is 1. The van der Waals surface area contributed by atoms with Crippen LogP contribution in [0.3, 0.4) is 0 Å². The summed E-state index contributed by atoms with van der Waals surface area (Å²) in [6, 6.07) is 10.1. The van der Waals surface area contributed by atoms with Crippen molar-refractivity contribution in [3.8, 4) is 0 Å². The minimum atomic E-state index is -0.106. The third-order valence-corrected chi connectivity index (χ3v) is 3.21. The van der Waals surface area contributed by atoms with Gasteiger partial charge in [0, 0.05) is 17.8 Å². The highest BCUT2D eigenvalue weighted by Gasteiger charge is 2.20. The molecular formula is C13H14N4O. The quantitative estimate of drug-likeness (QED) is 0.779. The van der Waals surface area contributed by atoms with Crippen LogP contribution < -0.4 is 16.2 Å². The van der Waals surface area contributed by atoms with E-state index in [0.29, 0.717) is 13.0 Å². The summed E-state index contributed by atoms with van der Waals surface area (Å²) in [7, 11) is 0. The van der Waals surface area contributed by atoms with Crippen molar-refractivity contribution < 1.29 is 0 Å². The molecule has 18 heavy (non-hydrogen) atoms. The average Bonchev–Trinajstić information content (AvgIpc) is 2.39. The summed E-state index contributed by atoms with van der Waals surface area (Å²) in [4.78, 5) is 20.7. The summed E-state index contributed by atoms with van der Waals surface area (Å²) in [6.07, 6.45) is 0.701. The summed E-state index contributed by atoms with van der Waals surface area (Å²) in [5, 5.41) is 0. The molecule has 5 nitrogen and oxygen atoms in total. The Labute approximate surface area is 104 Å². The number of aromatic amines is 1. The van der Waals surface area contributed by atoms with E-state index < -0.39 is 0 Å². The third kappa shape index (κ3) is 1.84. The molecule has 0 fully saturated rings. The van der Waals surface area contributed by atoms with Gasteiger partial charge in [-0.15, -0.1) is 0 Å². The molecule has 2 heterocycles. The van der Waals surface area contributed by atoms with Crippen LogP contribution in [0.1, 0.15) is 11.3 Å². The molecule has 0 spiro atoms. The number of hydrogen-bond donors (Lipinski definition) is 2. The van der Waals surface area contributed by atoms with Crippen LogP contribution in [0.15, 0.2) is 35.1 Å². The van der Waals surface area contributed by atoms with Gasteiger partial charge in [-0.3, -0.25) is 9.78 Å². The largest absolute Gasteiger partial charge is 0.369 e. The topological polar surface area (TPSA) is 75.0 Å². The van der Waals surface area contributed by atoms with E-state index in [1.165, 1.54) is 0 Å². The van der Waals surface area contributed by atoms with E-state index in [1.807, 2.05) is 18.2 Å². The number of nitrogens with two attached hydrogens (primary N) is 1. The molecule has 0 amide bonds. The van der Waals surface area contributed by atoms with Gasteiger partial charge in [0.15, 0.2) is 0 Å². The van der Waals surface area contributed by atoms with Gasteiger partial charge in [0.25, 0.3) is 5.56 Å². The van der Waals surface area contributed by atoms with Crippen LogP contribution in [0, 0.1) is 0 Å². The maximum absolute atomic E-state index is 11.7. The van der Waals surface area contributed by atoms with Gasteiger partial charge in [-0.2, -0.15) is 0 Å². The van der Waals surface area contributed by atoms with Crippen LogP contribution in [-0.4, -0.2) is 16.5 Å². The van der Waals surface area contributed by atoms with E-state index in [9.17, 15) is 4.79 Å². The van der Waals surface area contributed by atoms with Gasteiger partial charge in [0.05, 0.1) is 12.2 Å². The van der Waals surface area contributed by atoms with Gasteiger partial charge in [-0.05, 0) is 18.6 Å². The molecule has 0 saturated heterocycles. The smallest absolute Gasteiger partial charge is 0.255 e. The minimum Gasteiger partial charge on any atom is -0.369 e. The Morgan fingerprint density at radius 2 is 2.06 bits per heavy atom. The minimum absolute atomic E-state index is 0.106. The lowest BCUT2D eigenvalue weighted by Crippen LogP contribution is -2.35. The highest BCUT2D eigenvalue weighted by Crippen LogP contribution is 2.21. The second kappa shape index (κ2) is 4.18. The van der Waals surface area contributed by atoms with Gasteiger partial charge < -0.3 is 10.6 Å². The number of aromatic nitrogens is 2. The van der Waals surface area contributed by atoms with Crippen LogP contribution in [0.4, 0.5) is 11.6 Å². The van der Waals surface area contributed by atoms with E-state index >= 15 is 0 Å². The Bertz CT molecular complexity index is 621. The maximum atomic E-state index is 11.7. The van der Waals surface area contributed by atoms with Gasteiger partial charge in [0.2, 0.25) is 5.95 Å². The van der Waals surface area contributed by atoms with E-state index in [1.54, 1.807) is 0 Å². The van der Waals surface area contributed by atoms with Crippen molar-refractivity contribution in [2.24, 2.45) is 0 Å². The molecule has 3 rings (SSSR count). The zero-order valence-electron chi connectivity index (χ0n) is 9.89. The molecule has 2 aromatic rings. The summed E-state index contributed by atoms with van der Waals surface area (Å²) in [5.41, 5.74) is 8.16. The number of nitrogens with zero attached hydrogens (tertiary/aromatic N) is 2. The lowest BCUT2D eigenvalue weighted by atomic mass is 10.1. The van der Waals surface area contributed by atoms with Crippen molar-refractivity contribution in [1.82, 2.24) is 9.97 Å². The van der Waals surface area contributed by atoms with Crippen molar-refractivity contribution in [3.05, 3.63) is 51.9 Å². The van der Waals surface area contributed by atoms with Crippen molar-refractivity contribution in [3.63, 3.8) is 0 Å². The fourth-order valence-corrected chi connectivity index (χ4v) is 2.32. The highest BCUT2D eigenvalue weighted by molar-refractivity contribution is 5.48. The van der Waals surface area contributed by atoms with E-state index in [-0.39, 0.29) is 11.5 Å². The fraction of sp³-hybridized carbons (Fsp3) is 0.231. The highest BCUT2D eigenvalue weighted by atomic mass is 16.1. The maximum Gasteiger partial charge on any atom is 0.255 e. The summed E-state index contributed by atoms with van der Waals surface area (Å²) >= 11 is 0. The standard InChI is InChI=1S/C13H14N4O/c14-13-15-11-8-17(9-4-2-1-3-5-9)7-6-10(11)12(18)16-13/h1-5H,6-8H2,(H3,14,15,16,18). The average molecular weight is 242 g/mol. The Morgan fingerprint density at radius 3 is 2.83 bits per heavy atom. The number of benzene rings is 1. The zero-order chi connectivity index (χ0) is 12.5. The number of nitrogen functional groups attached to an aromatic ring is 1. The first kappa shape index (κ1) is 10.8. The molecule has 1 aliphatic rings. The van der Waals surface area contributed by atoms with Crippen molar-refractivity contribution >= 4 is 11.6 Å². The predicted molar refractivity (Wildman–Crippen MR) is 70.5 cm³/mol. The number of H-pyrrole nitrogens is 1. The zero-order valence-corrected chi connectivity index (χ0v) is 9.89. The SMILES string of the molecule is Nc1nc2c(c(=O)[nH]1)CCN(c1ccccc1)C2. The van der Waals surface area contributed by atoms with E-state index in [4.69, 9.17) is 5.73 Å². The van der Waals surface area contributed by atoms with Crippen LogP contribution in [0.25, 0.3) is 0 Å². The Kier molecular flexibility index (Phi) is 2.51. The normalized spacial score (nSPS) is 14.3. The molecule has 1 aromatic carbocycles. The molecule has 0 radical (unpaired) electrons. The predicted octanol–water partition coefficient (Wildman–Crippen LogP) is 0.915. The number of rotatable bonds is 1. The Hall–Kier alpha value is -2.30. The first-order chi connectivity index (χ1) is 8.74. The number of hydrogen-bond acceptors (Lipinski definition) is 4. The molecule has 3 N–H and O–H groups in total. The van der Waals surface area contributed by atoms with Crippen LogP contribution in [0.2, 0.25) is 0 Å². The summed E-state index contributed by atoms with van der Waals surface area (Å²) in [5.74, 6) is 0.189. The molecule has 0 saturated carbocycles. The summed E-state index contributed by atoms with van der Waals surface area (Å²) < 4.78 is 0. The van der Waals surface area contributed by atoms with Crippen molar-refractivity contribution in [1.29, 1.82) is 0 Å². The number of para-hydroxylation sites is 1. The molecule has 1 aliphatic heterocycles. The first-order valence-corrected chi connectivity index (χ1v) is 5.91. The van der Waals surface area contributed by atoms with Gasteiger partial charge in [-0.1, -0.05) is 18.2 Å². The van der Waals surface area contributed by atoms with Gasteiger partial charge >= 0.3 is 0 Å². The molecule has 5 heteroatoms. The lowest BCUT2D eigenvalue weighted by molar-refractivity contribution is 0.699. The molecule has 0 atom stereocenters. The Morgan fingerprint density at radius 1 is 1.28 bits per heavy atom. The van der Waals surface area contributed by atoms with E-state index in [2.05, 4.69) is 27.0 Å². The molecule has 0 aliphatic carbocycles. The monoisotopic (exact) mass is 242 g/mol.